The summed E-state index contributed by atoms with van der Waals surface area (Å²) in [5, 5.41) is 6.51. The van der Waals surface area contributed by atoms with E-state index in [4.69, 9.17) is 14.8 Å². The molecule has 0 spiro atoms. The van der Waals surface area contributed by atoms with E-state index in [2.05, 4.69) is 53.1 Å². The number of anilines is 2. The molecule has 0 fully saturated rings. The molecule has 7 rings (SSSR count). The van der Waals surface area contributed by atoms with Crippen molar-refractivity contribution in [1.82, 2.24) is 9.55 Å². The molecule has 1 aliphatic rings. The van der Waals surface area contributed by atoms with E-state index in [-0.39, 0.29) is 21.1 Å². The third-order valence-electron chi connectivity index (χ3n) is 7.28. The monoisotopic (exact) mass is 753 g/mol. The molecule has 0 N–H and O–H groups in total. The molecule has 1 aromatic heterocycles. The molecule has 44 heavy (non-hydrogen) atoms. The van der Waals surface area contributed by atoms with Gasteiger partial charge in [-0.3, -0.25) is 4.98 Å². The summed E-state index contributed by atoms with van der Waals surface area (Å²) < 4.78 is 8.40. The van der Waals surface area contributed by atoms with Crippen LogP contribution in [0.25, 0.3) is 33.9 Å². The molecule has 220 valence electrons. The van der Waals surface area contributed by atoms with Gasteiger partial charge < -0.3 is 19.2 Å². The topological polar surface area (TPSA) is 45.9 Å². The second kappa shape index (κ2) is 12.7. The first-order valence-electron chi connectivity index (χ1n) is 14.1. The van der Waals surface area contributed by atoms with E-state index in [9.17, 15) is 0 Å². The van der Waals surface area contributed by atoms with Crippen LogP contribution in [0.5, 0.6) is 11.5 Å². The van der Waals surface area contributed by atoms with Crippen molar-refractivity contribution in [3.63, 3.8) is 0 Å². The molecule has 0 unspecified atom stereocenters. The van der Waals surface area contributed by atoms with Crippen LogP contribution in [0.15, 0.2) is 132 Å². The zero-order chi connectivity index (χ0) is 29.2. The van der Waals surface area contributed by atoms with Gasteiger partial charge >= 0.3 is 0 Å². The van der Waals surface area contributed by atoms with E-state index >= 15 is 0 Å². The van der Waals surface area contributed by atoms with Gasteiger partial charge in [-0.05, 0) is 24.6 Å². The molecular weight excluding hydrogens is 726 g/mol. The van der Waals surface area contributed by atoms with Gasteiger partial charge in [0.15, 0.2) is 0 Å². The van der Waals surface area contributed by atoms with Gasteiger partial charge in [0.25, 0.3) is 0 Å². The Labute approximate surface area is 272 Å². The Morgan fingerprint density at radius 3 is 2.00 bits per heavy atom. The molecule has 2 heterocycles. The number of ether oxygens (including phenoxy) is 1. The van der Waals surface area contributed by atoms with Gasteiger partial charge in [-0.1, -0.05) is 90.6 Å². The van der Waals surface area contributed by atoms with Crippen LogP contribution < -0.4 is 14.6 Å². The van der Waals surface area contributed by atoms with Gasteiger partial charge in [0.2, 0.25) is 0 Å². The van der Waals surface area contributed by atoms with E-state index < -0.39 is 0 Å². The maximum atomic E-state index is 6.27. The number of hydrazone groups is 1. The van der Waals surface area contributed by atoms with Crippen LogP contribution in [0.3, 0.4) is 0 Å². The van der Waals surface area contributed by atoms with E-state index in [1.807, 2.05) is 117 Å². The van der Waals surface area contributed by atoms with Crippen molar-refractivity contribution >= 4 is 17.2 Å². The van der Waals surface area contributed by atoms with Crippen molar-refractivity contribution in [2.45, 2.75) is 6.92 Å². The number of para-hydroxylation sites is 1. The molecule has 7 heteroatoms. The normalized spacial score (nSPS) is 12.5. The van der Waals surface area contributed by atoms with Crippen LogP contribution in [-0.2, 0) is 28.1 Å². The number of imidazole rings is 1. The second-order valence-corrected chi connectivity index (χ2v) is 10.2. The zero-order valence-corrected chi connectivity index (χ0v) is 26.4. The van der Waals surface area contributed by atoms with Gasteiger partial charge in [0.1, 0.15) is 0 Å². The molecule has 0 radical (unpaired) electrons. The summed E-state index contributed by atoms with van der Waals surface area (Å²) in [6.45, 7) is 3.93. The average Bonchev–Trinajstić information content (AvgIpc) is 3.62. The summed E-state index contributed by atoms with van der Waals surface area (Å²) in [7, 11) is 2.05. The molecule has 6 aromatic rings. The minimum absolute atomic E-state index is 0. The number of aromatic nitrogens is 2. The average molecular weight is 754 g/mol. The maximum absolute atomic E-state index is 6.27. The first-order chi connectivity index (χ1) is 21.1. The Morgan fingerprint density at radius 2 is 1.30 bits per heavy atom. The maximum Gasteiger partial charge on any atom is 0.0952 e. The third kappa shape index (κ3) is 5.81. The minimum atomic E-state index is 0. The summed E-state index contributed by atoms with van der Waals surface area (Å²) in [6, 6.07) is 49.2. The summed E-state index contributed by atoms with van der Waals surface area (Å²) in [5.74, 6) is 2.82. The number of hydrogen-bond acceptors (Lipinski definition) is 5. The zero-order valence-electron chi connectivity index (χ0n) is 24.2. The summed E-state index contributed by atoms with van der Waals surface area (Å²) >= 11 is 0. The fourth-order valence-electron chi connectivity index (χ4n) is 5.23. The van der Waals surface area contributed by atoms with Crippen molar-refractivity contribution < 1.29 is 25.8 Å². The van der Waals surface area contributed by atoms with Crippen molar-refractivity contribution in [2.24, 2.45) is 12.1 Å². The number of hydrogen-bond donors (Lipinski definition) is 0. The Hall–Kier alpha value is -4.93. The van der Waals surface area contributed by atoms with Crippen LogP contribution in [-0.4, -0.2) is 15.4 Å². The first-order valence-corrected chi connectivity index (χ1v) is 14.1. The SMILES string of the molecule is CC1=NN(c2[c-]c(Oc3[c-]c(-c4nc(-c5ccccc5)c(-c5ccccc5)n4C)ccc3)ccc2)[CH-]N1c1ccccc1.[Pt]. The van der Waals surface area contributed by atoms with Crippen molar-refractivity contribution in [3.05, 3.63) is 146 Å². The van der Waals surface area contributed by atoms with E-state index in [0.717, 1.165) is 51.1 Å². The Balaban J connectivity index is 0.00000343. The van der Waals surface area contributed by atoms with Gasteiger partial charge in [-0.25, -0.2) is 0 Å². The van der Waals surface area contributed by atoms with Gasteiger partial charge in [0, 0.05) is 50.9 Å². The van der Waals surface area contributed by atoms with Gasteiger partial charge in [0.05, 0.1) is 23.0 Å². The van der Waals surface area contributed by atoms with Crippen molar-refractivity contribution in [2.75, 3.05) is 9.91 Å². The van der Waals surface area contributed by atoms with Crippen LogP contribution in [0.4, 0.5) is 11.4 Å². The summed E-state index contributed by atoms with van der Waals surface area (Å²) in [6.07, 6.45) is 0. The number of amidine groups is 1. The second-order valence-electron chi connectivity index (χ2n) is 10.2. The number of nitrogens with zero attached hydrogens (tertiary/aromatic N) is 5. The predicted molar refractivity (Wildman–Crippen MR) is 173 cm³/mol. The Morgan fingerprint density at radius 1 is 0.682 bits per heavy atom. The molecule has 0 saturated heterocycles. The van der Waals surface area contributed by atoms with Crippen LogP contribution in [0.2, 0.25) is 0 Å². The van der Waals surface area contributed by atoms with Gasteiger partial charge in [-0.15, -0.1) is 48.6 Å². The van der Waals surface area contributed by atoms with E-state index in [1.54, 1.807) is 5.01 Å². The van der Waals surface area contributed by atoms with Crippen LogP contribution in [0.1, 0.15) is 6.92 Å². The standard InChI is InChI=1S/C37H28N5O.Pt/c1-27-39-42(26-41(27)31-19-10-5-11-20-31)32-21-13-23-34(25-32)43-33-22-12-18-30(24-33)37-38-35(28-14-6-3-7-15-28)36(40(37)2)29-16-8-4-9-17-29;/h3-23,26H,1-2H3;/q-3;. The number of benzene rings is 5. The van der Waals surface area contributed by atoms with Crippen molar-refractivity contribution in [3.8, 4) is 45.4 Å². The summed E-state index contributed by atoms with van der Waals surface area (Å²) in [5.41, 5.74) is 6.79. The fraction of sp³-hybridized carbons (Fsp3) is 0.0541. The predicted octanol–water partition coefficient (Wildman–Crippen LogP) is 8.59. The Kier molecular flexibility index (Phi) is 8.44. The van der Waals surface area contributed by atoms with Gasteiger partial charge in [-0.2, -0.15) is 11.2 Å². The minimum Gasteiger partial charge on any atom is -0.503 e. The first kappa shape index (κ1) is 29.2. The molecule has 0 atom stereocenters. The van der Waals surface area contributed by atoms with Crippen LogP contribution in [0, 0.1) is 18.8 Å². The molecular formula is C37H28N5OPt-3. The number of rotatable bonds is 7. The molecule has 0 saturated carbocycles. The molecule has 5 aromatic carbocycles. The fourth-order valence-corrected chi connectivity index (χ4v) is 5.23. The smallest absolute Gasteiger partial charge is 0.0952 e. The van der Waals surface area contributed by atoms with E-state index in [1.165, 1.54) is 0 Å². The molecule has 0 aliphatic carbocycles. The van der Waals surface area contributed by atoms with Crippen molar-refractivity contribution in [1.29, 1.82) is 0 Å². The molecule has 0 amide bonds. The van der Waals surface area contributed by atoms with Crippen LogP contribution >= 0.6 is 0 Å². The largest absolute Gasteiger partial charge is 0.503 e. The molecule has 1 aliphatic heterocycles. The quantitative estimate of drug-likeness (QED) is 0.153. The molecule has 6 nitrogen and oxygen atoms in total. The third-order valence-corrected chi connectivity index (χ3v) is 7.28. The van der Waals surface area contributed by atoms with E-state index in [0.29, 0.717) is 11.5 Å². The summed E-state index contributed by atoms with van der Waals surface area (Å²) in [4.78, 5) is 7.16. The Bertz CT molecular complexity index is 1910. The molecule has 0 bridgehead atoms.